The normalized spacial score (nSPS) is 15.8. The summed E-state index contributed by atoms with van der Waals surface area (Å²) in [4.78, 5) is 12.5. The standard InChI is InChI=1S/C15H19NO2/c1-15(2,11-6-8-12(16)9-7-11)14(17)13-5-3-4-10-18-13/h5-9H,3-4,10,16H2,1-2H3. The van der Waals surface area contributed by atoms with E-state index in [0.29, 0.717) is 18.1 Å². The predicted molar refractivity (Wildman–Crippen MR) is 72.2 cm³/mol. The Bertz CT molecular complexity index is 472. The first-order chi connectivity index (χ1) is 8.51. The summed E-state index contributed by atoms with van der Waals surface area (Å²) >= 11 is 0. The van der Waals surface area contributed by atoms with E-state index in [1.165, 1.54) is 0 Å². The molecule has 1 aromatic carbocycles. The van der Waals surface area contributed by atoms with Crippen LogP contribution in [0.2, 0.25) is 0 Å². The van der Waals surface area contributed by atoms with Gasteiger partial charge in [0.15, 0.2) is 5.76 Å². The number of Topliss-reactive ketones (excluding diaryl/α,β-unsaturated/α-hetero) is 1. The lowest BCUT2D eigenvalue weighted by atomic mass is 9.79. The van der Waals surface area contributed by atoms with Crippen LogP contribution in [0.1, 0.15) is 32.3 Å². The zero-order valence-electron chi connectivity index (χ0n) is 10.9. The first kappa shape index (κ1) is 12.7. The number of rotatable bonds is 3. The molecule has 96 valence electrons. The van der Waals surface area contributed by atoms with E-state index in [9.17, 15) is 4.79 Å². The number of ether oxygens (including phenoxy) is 1. The van der Waals surface area contributed by atoms with Crippen molar-refractivity contribution in [2.75, 3.05) is 12.3 Å². The quantitative estimate of drug-likeness (QED) is 0.833. The van der Waals surface area contributed by atoms with E-state index in [2.05, 4.69) is 0 Å². The van der Waals surface area contributed by atoms with Gasteiger partial charge in [-0.2, -0.15) is 0 Å². The van der Waals surface area contributed by atoms with Gasteiger partial charge in [0.1, 0.15) is 0 Å². The van der Waals surface area contributed by atoms with E-state index in [4.69, 9.17) is 10.5 Å². The summed E-state index contributed by atoms with van der Waals surface area (Å²) in [7, 11) is 0. The van der Waals surface area contributed by atoms with Gasteiger partial charge in [0.2, 0.25) is 5.78 Å². The van der Waals surface area contributed by atoms with Crippen LogP contribution in [0.3, 0.4) is 0 Å². The summed E-state index contributed by atoms with van der Waals surface area (Å²) in [6.07, 6.45) is 3.79. The first-order valence-electron chi connectivity index (χ1n) is 6.25. The lowest BCUT2D eigenvalue weighted by molar-refractivity contribution is -0.123. The van der Waals surface area contributed by atoms with E-state index in [1.807, 2.05) is 44.2 Å². The van der Waals surface area contributed by atoms with Crippen molar-refractivity contribution in [3.63, 3.8) is 0 Å². The van der Waals surface area contributed by atoms with Crippen molar-refractivity contribution < 1.29 is 9.53 Å². The molecule has 0 aromatic heterocycles. The fourth-order valence-electron chi connectivity index (χ4n) is 2.05. The minimum Gasteiger partial charge on any atom is -0.490 e. The van der Waals surface area contributed by atoms with Crippen LogP contribution >= 0.6 is 0 Å². The summed E-state index contributed by atoms with van der Waals surface area (Å²) in [5.74, 6) is 0.537. The largest absolute Gasteiger partial charge is 0.490 e. The molecule has 0 saturated heterocycles. The first-order valence-corrected chi connectivity index (χ1v) is 6.25. The number of carbonyl (C=O) groups is 1. The molecule has 1 heterocycles. The maximum absolute atomic E-state index is 12.5. The van der Waals surface area contributed by atoms with E-state index < -0.39 is 5.41 Å². The van der Waals surface area contributed by atoms with Crippen LogP contribution in [0, 0.1) is 0 Å². The second-order valence-corrected chi connectivity index (χ2v) is 5.14. The lowest BCUT2D eigenvalue weighted by Crippen LogP contribution is -2.32. The van der Waals surface area contributed by atoms with E-state index in [1.54, 1.807) is 0 Å². The molecule has 3 nitrogen and oxygen atoms in total. The van der Waals surface area contributed by atoms with Crippen LogP contribution in [-0.2, 0) is 14.9 Å². The molecule has 2 N–H and O–H groups in total. The molecule has 0 spiro atoms. The molecule has 18 heavy (non-hydrogen) atoms. The third kappa shape index (κ3) is 2.40. The Morgan fingerprint density at radius 3 is 2.50 bits per heavy atom. The van der Waals surface area contributed by atoms with Crippen molar-refractivity contribution in [1.82, 2.24) is 0 Å². The smallest absolute Gasteiger partial charge is 0.206 e. The summed E-state index contributed by atoms with van der Waals surface area (Å²) in [6.45, 7) is 4.47. The number of benzene rings is 1. The van der Waals surface area contributed by atoms with Gasteiger partial charge >= 0.3 is 0 Å². The molecule has 1 aliphatic rings. The van der Waals surface area contributed by atoms with E-state index >= 15 is 0 Å². The monoisotopic (exact) mass is 245 g/mol. The highest BCUT2D eigenvalue weighted by atomic mass is 16.5. The molecule has 0 atom stereocenters. The Labute approximate surface area is 108 Å². The molecule has 0 aliphatic carbocycles. The van der Waals surface area contributed by atoms with E-state index in [-0.39, 0.29) is 5.78 Å². The van der Waals surface area contributed by atoms with Gasteiger partial charge in [-0.25, -0.2) is 0 Å². The SMILES string of the molecule is CC(C)(C(=O)C1=CCCCO1)c1ccc(N)cc1. The number of nitrogen functional groups attached to an aromatic ring is 1. The fraction of sp³-hybridized carbons (Fsp3) is 0.400. The molecule has 3 heteroatoms. The van der Waals surface area contributed by atoms with Crippen molar-refractivity contribution in [1.29, 1.82) is 0 Å². The zero-order chi connectivity index (χ0) is 13.2. The van der Waals surface area contributed by atoms with E-state index in [0.717, 1.165) is 18.4 Å². The Kier molecular flexibility index (Phi) is 3.41. The number of ketones is 1. The summed E-state index contributed by atoms with van der Waals surface area (Å²) in [6, 6.07) is 7.44. The van der Waals surface area contributed by atoms with Gasteiger partial charge in [-0.05, 0) is 50.5 Å². The molecule has 0 saturated carbocycles. The van der Waals surface area contributed by atoms with Gasteiger partial charge < -0.3 is 10.5 Å². The summed E-state index contributed by atoms with van der Waals surface area (Å²) in [5, 5.41) is 0. The second-order valence-electron chi connectivity index (χ2n) is 5.14. The minimum atomic E-state index is -0.586. The van der Waals surface area contributed by atoms with Gasteiger partial charge in [0.25, 0.3) is 0 Å². The van der Waals surface area contributed by atoms with Crippen LogP contribution in [-0.4, -0.2) is 12.4 Å². The van der Waals surface area contributed by atoms with Crippen LogP contribution in [0.15, 0.2) is 36.1 Å². The van der Waals surface area contributed by atoms with Crippen molar-refractivity contribution in [3.8, 4) is 0 Å². The summed E-state index contributed by atoms with van der Waals surface area (Å²) < 4.78 is 5.46. The second kappa shape index (κ2) is 4.84. The number of allylic oxidation sites excluding steroid dienone is 2. The third-order valence-electron chi connectivity index (χ3n) is 3.36. The lowest BCUT2D eigenvalue weighted by Gasteiger charge is -2.26. The molecular formula is C15H19NO2. The highest BCUT2D eigenvalue weighted by molar-refractivity contribution is 6.01. The number of hydrogen-bond acceptors (Lipinski definition) is 3. The summed E-state index contributed by atoms with van der Waals surface area (Å²) in [5.41, 5.74) is 6.74. The van der Waals surface area contributed by atoms with Crippen LogP contribution in [0.5, 0.6) is 0 Å². The maximum Gasteiger partial charge on any atom is 0.206 e. The Hall–Kier alpha value is -1.77. The Balaban J connectivity index is 2.27. The molecule has 2 rings (SSSR count). The molecule has 0 radical (unpaired) electrons. The van der Waals surface area contributed by atoms with Crippen molar-refractivity contribution in [2.45, 2.75) is 32.1 Å². The van der Waals surface area contributed by atoms with Crippen molar-refractivity contribution in [3.05, 3.63) is 41.7 Å². The number of anilines is 1. The average Bonchev–Trinajstić information content (AvgIpc) is 2.39. The number of nitrogens with two attached hydrogens (primary N) is 1. The average molecular weight is 245 g/mol. The van der Waals surface area contributed by atoms with Crippen LogP contribution < -0.4 is 5.73 Å². The Morgan fingerprint density at radius 2 is 1.94 bits per heavy atom. The highest BCUT2D eigenvalue weighted by Crippen LogP contribution is 2.29. The van der Waals surface area contributed by atoms with Crippen molar-refractivity contribution in [2.24, 2.45) is 0 Å². The number of carbonyl (C=O) groups excluding carboxylic acids is 1. The van der Waals surface area contributed by atoms with Gasteiger partial charge in [0.05, 0.1) is 12.0 Å². The van der Waals surface area contributed by atoms with Gasteiger partial charge in [-0.1, -0.05) is 12.1 Å². The van der Waals surface area contributed by atoms with Gasteiger partial charge in [-0.3, -0.25) is 4.79 Å². The molecule has 1 aromatic rings. The Morgan fingerprint density at radius 1 is 1.28 bits per heavy atom. The molecule has 0 bridgehead atoms. The maximum atomic E-state index is 12.5. The van der Waals surface area contributed by atoms with Crippen LogP contribution in [0.25, 0.3) is 0 Å². The fourth-order valence-corrected chi connectivity index (χ4v) is 2.05. The topological polar surface area (TPSA) is 52.3 Å². The van der Waals surface area contributed by atoms with Crippen LogP contribution in [0.4, 0.5) is 5.69 Å². The molecule has 0 amide bonds. The molecule has 0 unspecified atom stereocenters. The molecule has 1 aliphatic heterocycles. The minimum absolute atomic E-state index is 0.0342. The van der Waals surface area contributed by atoms with Gasteiger partial charge in [-0.15, -0.1) is 0 Å². The zero-order valence-corrected chi connectivity index (χ0v) is 10.9. The van der Waals surface area contributed by atoms with Crippen molar-refractivity contribution >= 4 is 11.5 Å². The van der Waals surface area contributed by atoms with Gasteiger partial charge in [0, 0.05) is 5.69 Å². The number of hydrogen-bond donors (Lipinski definition) is 1. The molecule has 0 fully saturated rings. The predicted octanol–water partition coefficient (Wildman–Crippen LogP) is 2.81. The molecular weight excluding hydrogens is 226 g/mol. The highest BCUT2D eigenvalue weighted by Gasteiger charge is 2.33. The third-order valence-corrected chi connectivity index (χ3v) is 3.36.